The van der Waals surface area contributed by atoms with Gasteiger partial charge in [0.1, 0.15) is 5.78 Å². The molecule has 1 nitrogen and oxygen atoms in total. The summed E-state index contributed by atoms with van der Waals surface area (Å²) >= 11 is 0. The van der Waals surface area contributed by atoms with Gasteiger partial charge in [-0.05, 0) is 105 Å². The van der Waals surface area contributed by atoms with Crippen LogP contribution in [0.3, 0.4) is 0 Å². The summed E-state index contributed by atoms with van der Waals surface area (Å²) in [5.74, 6) is 7.45. The lowest BCUT2D eigenvalue weighted by atomic mass is 9.50. The van der Waals surface area contributed by atoms with Gasteiger partial charge in [-0.3, -0.25) is 4.79 Å². The molecular formula is C24H40O. The Kier molecular flexibility index (Phi) is 4.82. The Labute approximate surface area is 155 Å². The molecule has 1 heteroatoms. The average molecular weight is 345 g/mol. The number of carbonyl (C=O) groups excluding carboxylic acids is 1. The predicted molar refractivity (Wildman–Crippen MR) is 104 cm³/mol. The van der Waals surface area contributed by atoms with Crippen molar-refractivity contribution < 1.29 is 4.79 Å². The molecule has 4 rings (SSSR count). The van der Waals surface area contributed by atoms with Crippen LogP contribution in [0.1, 0.15) is 91.9 Å². The first-order valence-electron chi connectivity index (χ1n) is 11.5. The lowest BCUT2D eigenvalue weighted by molar-refractivity contribution is -0.122. The van der Waals surface area contributed by atoms with Crippen LogP contribution in [0.25, 0.3) is 0 Å². The van der Waals surface area contributed by atoms with Crippen LogP contribution in [-0.4, -0.2) is 5.78 Å². The molecule has 0 spiro atoms. The van der Waals surface area contributed by atoms with E-state index in [1.54, 1.807) is 0 Å². The van der Waals surface area contributed by atoms with E-state index in [9.17, 15) is 4.79 Å². The van der Waals surface area contributed by atoms with Crippen molar-refractivity contribution in [1.82, 2.24) is 0 Å². The number of hydrogen-bond donors (Lipinski definition) is 0. The Balaban J connectivity index is 1.55. The van der Waals surface area contributed by atoms with Gasteiger partial charge < -0.3 is 0 Å². The number of ketones is 1. The average Bonchev–Trinajstić information content (AvgIpc) is 2.86. The summed E-state index contributed by atoms with van der Waals surface area (Å²) in [5, 5.41) is 0. The normalized spacial score (nSPS) is 50.1. The fourth-order valence-electron chi connectivity index (χ4n) is 8.52. The maximum Gasteiger partial charge on any atom is 0.135 e. The maximum absolute atomic E-state index is 12.5. The molecule has 1 unspecified atom stereocenters. The largest absolute Gasteiger partial charge is 0.299 e. The van der Waals surface area contributed by atoms with Gasteiger partial charge in [-0.15, -0.1) is 0 Å². The number of rotatable bonds is 2. The summed E-state index contributed by atoms with van der Waals surface area (Å²) < 4.78 is 0. The zero-order valence-electron chi connectivity index (χ0n) is 17.1. The summed E-state index contributed by atoms with van der Waals surface area (Å²) in [5.41, 5.74) is 0.620. The Morgan fingerprint density at radius 1 is 1.00 bits per heavy atom. The van der Waals surface area contributed by atoms with Crippen molar-refractivity contribution in [3.63, 3.8) is 0 Å². The van der Waals surface area contributed by atoms with Crippen LogP contribution in [-0.2, 0) is 4.79 Å². The molecule has 0 N–H and O–H groups in total. The highest BCUT2D eigenvalue weighted by Gasteiger charge is 2.57. The lowest BCUT2D eigenvalue weighted by Crippen LogP contribution is -2.47. The molecule has 25 heavy (non-hydrogen) atoms. The van der Waals surface area contributed by atoms with Gasteiger partial charge in [0, 0.05) is 12.3 Å². The smallest absolute Gasteiger partial charge is 0.135 e. The second-order valence-electron chi connectivity index (χ2n) is 10.8. The quantitative estimate of drug-likeness (QED) is 0.558. The summed E-state index contributed by atoms with van der Waals surface area (Å²) in [6.45, 7) is 9.80. The molecule has 0 heterocycles. The third-order valence-corrected chi connectivity index (χ3v) is 9.66. The highest BCUT2D eigenvalue weighted by molar-refractivity contribution is 5.81. The Morgan fingerprint density at radius 2 is 1.80 bits per heavy atom. The van der Waals surface area contributed by atoms with Gasteiger partial charge in [0.25, 0.3) is 0 Å². The molecule has 8 atom stereocenters. The maximum atomic E-state index is 12.5. The van der Waals surface area contributed by atoms with Crippen molar-refractivity contribution in [3.05, 3.63) is 0 Å². The third kappa shape index (κ3) is 2.83. The first-order valence-corrected chi connectivity index (χ1v) is 11.5. The number of fused-ring (bicyclic) bond motifs is 5. The van der Waals surface area contributed by atoms with E-state index in [0.717, 1.165) is 54.3 Å². The molecule has 0 amide bonds. The second kappa shape index (κ2) is 6.68. The monoisotopic (exact) mass is 344 g/mol. The number of hydrogen-bond acceptors (Lipinski definition) is 1. The minimum Gasteiger partial charge on any atom is -0.299 e. The van der Waals surface area contributed by atoms with Crippen LogP contribution in [0.15, 0.2) is 0 Å². The Morgan fingerprint density at radius 3 is 2.52 bits per heavy atom. The van der Waals surface area contributed by atoms with Gasteiger partial charge in [0.2, 0.25) is 0 Å². The van der Waals surface area contributed by atoms with Gasteiger partial charge in [0.15, 0.2) is 0 Å². The fourth-order valence-corrected chi connectivity index (χ4v) is 8.52. The van der Waals surface area contributed by atoms with Crippen LogP contribution in [0, 0.1) is 52.8 Å². The summed E-state index contributed by atoms with van der Waals surface area (Å²) in [7, 11) is 0. The minimum atomic E-state index is 0.386. The first kappa shape index (κ1) is 18.1. The SMILES string of the molecule is CCC1C[C@H]2CC[C@@H]3[C@H](CC[C@]4(C)[C@@H](C(C)C)CC[C@@H]34)[C@H]2CCC1=O. The highest BCUT2D eigenvalue weighted by atomic mass is 16.1. The first-order chi connectivity index (χ1) is 12.0. The molecule has 0 aliphatic heterocycles. The molecule has 4 aliphatic rings. The van der Waals surface area contributed by atoms with Gasteiger partial charge in [0.05, 0.1) is 0 Å². The van der Waals surface area contributed by atoms with Crippen molar-refractivity contribution in [2.75, 3.05) is 0 Å². The Hall–Kier alpha value is -0.330. The van der Waals surface area contributed by atoms with Crippen molar-refractivity contribution >= 4 is 5.78 Å². The van der Waals surface area contributed by atoms with Gasteiger partial charge in [-0.2, -0.15) is 0 Å². The van der Waals surface area contributed by atoms with E-state index in [1.807, 2.05) is 0 Å². The van der Waals surface area contributed by atoms with E-state index in [2.05, 4.69) is 27.7 Å². The van der Waals surface area contributed by atoms with E-state index >= 15 is 0 Å². The van der Waals surface area contributed by atoms with E-state index < -0.39 is 0 Å². The molecule has 0 bridgehead atoms. The van der Waals surface area contributed by atoms with Gasteiger partial charge in [-0.1, -0.05) is 27.7 Å². The summed E-state index contributed by atoms with van der Waals surface area (Å²) in [6, 6.07) is 0. The molecule has 0 saturated heterocycles. The number of carbonyl (C=O) groups is 1. The van der Waals surface area contributed by atoms with E-state index in [-0.39, 0.29) is 0 Å². The molecule has 0 aromatic carbocycles. The molecular weight excluding hydrogens is 304 g/mol. The lowest BCUT2D eigenvalue weighted by Gasteiger charge is -2.55. The molecule has 4 saturated carbocycles. The zero-order chi connectivity index (χ0) is 17.8. The standard InChI is InChI=1S/C24H40O/c1-5-16-14-17-6-7-20-19(18(17)8-11-23(16)25)12-13-24(4)21(15(2)3)9-10-22(20)24/h15-22H,5-14H2,1-4H3/t16?,17-,18+,19-,20-,21-,22+,24-/m1/s1. The zero-order valence-corrected chi connectivity index (χ0v) is 17.1. The van der Waals surface area contributed by atoms with E-state index in [4.69, 9.17) is 0 Å². The van der Waals surface area contributed by atoms with Crippen LogP contribution in [0.5, 0.6) is 0 Å². The van der Waals surface area contributed by atoms with E-state index in [1.165, 1.54) is 51.4 Å². The molecule has 0 aromatic rings. The molecule has 0 radical (unpaired) electrons. The van der Waals surface area contributed by atoms with Crippen molar-refractivity contribution in [2.24, 2.45) is 52.8 Å². The molecule has 4 fully saturated rings. The highest BCUT2D eigenvalue weighted by Crippen LogP contribution is 2.65. The topological polar surface area (TPSA) is 17.1 Å². The molecule has 142 valence electrons. The van der Waals surface area contributed by atoms with Crippen LogP contribution < -0.4 is 0 Å². The van der Waals surface area contributed by atoms with Crippen LogP contribution in [0.4, 0.5) is 0 Å². The van der Waals surface area contributed by atoms with E-state index in [0.29, 0.717) is 17.1 Å². The van der Waals surface area contributed by atoms with Gasteiger partial charge in [-0.25, -0.2) is 0 Å². The minimum absolute atomic E-state index is 0.386. The van der Waals surface area contributed by atoms with Crippen molar-refractivity contribution in [2.45, 2.75) is 91.9 Å². The van der Waals surface area contributed by atoms with Crippen LogP contribution in [0.2, 0.25) is 0 Å². The second-order valence-corrected chi connectivity index (χ2v) is 10.8. The number of Topliss-reactive ketones (excluding diaryl/α,β-unsaturated/α-hetero) is 1. The predicted octanol–water partition coefficient (Wildman–Crippen LogP) is 6.51. The summed E-state index contributed by atoms with van der Waals surface area (Å²) in [6.07, 6.45) is 13.2. The van der Waals surface area contributed by atoms with Crippen molar-refractivity contribution in [1.29, 1.82) is 0 Å². The Bertz CT molecular complexity index is 508. The van der Waals surface area contributed by atoms with Crippen molar-refractivity contribution in [3.8, 4) is 0 Å². The molecule has 4 aliphatic carbocycles. The van der Waals surface area contributed by atoms with Gasteiger partial charge >= 0.3 is 0 Å². The third-order valence-electron chi connectivity index (χ3n) is 9.66. The molecule has 0 aromatic heterocycles. The van der Waals surface area contributed by atoms with Crippen LogP contribution >= 0.6 is 0 Å². The summed E-state index contributed by atoms with van der Waals surface area (Å²) in [4.78, 5) is 12.5. The fraction of sp³-hybridized carbons (Fsp3) is 0.958.